The lowest BCUT2D eigenvalue weighted by atomic mass is 10.2. The van der Waals surface area contributed by atoms with Crippen LogP contribution in [0, 0.1) is 5.82 Å². The van der Waals surface area contributed by atoms with Crippen molar-refractivity contribution in [3.63, 3.8) is 0 Å². The van der Waals surface area contributed by atoms with Gasteiger partial charge in [0.1, 0.15) is 11.6 Å². The van der Waals surface area contributed by atoms with Gasteiger partial charge in [0.25, 0.3) is 0 Å². The number of halogens is 1. The van der Waals surface area contributed by atoms with Crippen LogP contribution in [0.2, 0.25) is 0 Å². The van der Waals surface area contributed by atoms with Gasteiger partial charge in [-0.3, -0.25) is 0 Å². The average Bonchev–Trinajstić information content (AvgIpc) is 2.52. The Labute approximate surface area is 124 Å². The van der Waals surface area contributed by atoms with Crippen LogP contribution in [0.15, 0.2) is 58.8 Å². The van der Waals surface area contributed by atoms with Gasteiger partial charge in [0.2, 0.25) is 0 Å². The van der Waals surface area contributed by atoms with Crippen LogP contribution < -0.4 is 4.74 Å². The second-order valence-corrected chi connectivity index (χ2v) is 4.73. The highest BCUT2D eigenvalue weighted by atomic mass is 19.1. The molecule has 0 atom stereocenters. The second-order valence-electron chi connectivity index (χ2n) is 4.73. The minimum absolute atomic E-state index is 0.279. The molecule has 2 aromatic carbocycles. The lowest BCUT2D eigenvalue weighted by molar-refractivity contribution is 0.306. The minimum Gasteiger partial charge on any atom is -0.494 e. The van der Waals surface area contributed by atoms with Crippen LogP contribution >= 0.6 is 0 Å². The van der Waals surface area contributed by atoms with Crippen LogP contribution in [0.1, 0.15) is 26.2 Å². The summed E-state index contributed by atoms with van der Waals surface area (Å²) in [6.45, 7) is 2.91. The molecule has 0 bridgehead atoms. The number of rotatable bonds is 7. The largest absolute Gasteiger partial charge is 0.494 e. The van der Waals surface area contributed by atoms with Gasteiger partial charge < -0.3 is 4.74 Å². The summed E-state index contributed by atoms with van der Waals surface area (Å²) in [6, 6.07) is 13.4. The van der Waals surface area contributed by atoms with Gasteiger partial charge in [0, 0.05) is 0 Å². The maximum atomic E-state index is 12.8. The Morgan fingerprint density at radius 2 is 1.43 bits per heavy atom. The highest BCUT2D eigenvalue weighted by Gasteiger charge is 1.95. The molecule has 0 unspecified atom stereocenters. The second kappa shape index (κ2) is 8.15. The number of nitrogens with zero attached hydrogens (tertiary/aromatic N) is 2. The fraction of sp³-hybridized carbons (Fsp3) is 0.294. The Balaban J connectivity index is 1.88. The Morgan fingerprint density at radius 3 is 2.00 bits per heavy atom. The van der Waals surface area contributed by atoms with Crippen LogP contribution in [0.5, 0.6) is 5.75 Å². The average molecular weight is 286 g/mol. The van der Waals surface area contributed by atoms with Crippen molar-refractivity contribution >= 4 is 11.4 Å². The van der Waals surface area contributed by atoms with Gasteiger partial charge in [-0.2, -0.15) is 10.2 Å². The highest BCUT2D eigenvalue weighted by molar-refractivity contribution is 5.42. The molecule has 4 heteroatoms. The van der Waals surface area contributed by atoms with E-state index in [2.05, 4.69) is 17.2 Å². The molecular weight excluding hydrogens is 267 g/mol. The summed E-state index contributed by atoms with van der Waals surface area (Å²) in [7, 11) is 0. The smallest absolute Gasteiger partial charge is 0.123 e. The Morgan fingerprint density at radius 1 is 0.857 bits per heavy atom. The summed E-state index contributed by atoms with van der Waals surface area (Å²) in [6.07, 6.45) is 3.44. The molecule has 0 fully saturated rings. The van der Waals surface area contributed by atoms with Gasteiger partial charge in [-0.05, 0) is 55.0 Å². The van der Waals surface area contributed by atoms with Crippen LogP contribution in [-0.4, -0.2) is 6.61 Å². The molecule has 0 spiro atoms. The van der Waals surface area contributed by atoms with Crippen molar-refractivity contribution in [3.8, 4) is 5.75 Å². The summed E-state index contributed by atoms with van der Waals surface area (Å²) in [4.78, 5) is 0. The third kappa shape index (κ3) is 5.34. The molecule has 110 valence electrons. The first-order chi connectivity index (χ1) is 10.3. The van der Waals surface area contributed by atoms with Crippen molar-refractivity contribution in [2.45, 2.75) is 26.2 Å². The summed E-state index contributed by atoms with van der Waals surface area (Å²) < 4.78 is 18.4. The monoisotopic (exact) mass is 286 g/mol. The molecule has 0 heterocycles. The molecule has 0 N–H and O–H groups in total. The number of azo groups is 1. The van der Waals surface area contributed by atoms with Gasteiger partial charge >= 0.3 is 0 Å². The fourth-order valence-corrected chi connectivity index (χ4v) is 1.77. The first-order valence-electron chi connectivity index (χ1n) is 7.18. The summed E-state index contributed by atoms with van der Waals surface area (Å²) >= 11 is 0. The molecule has 0 aromatic heterocycles. The molecule has 0 saturated heterocycles. The van der Waals surface area contributed by atoms with Gasteiger partial charge in [-0.25, -0.2) is 4.39 Å². The van der Waals surface area contributed by atoms with E-state index in [0.29, 0.717) is 5.69 Å². The summed E-state index contributed by atoms with van der Waals surface area (Å²) in [5.74, 6) is 0.561. The van der Waals surface area contributed by atoms with Crippen LogP contribution in [0.3, 0.4) is 0 Å². The molecule has 0 aliphatic carbocycles. The predicted octanol–water partition coefficient (Wildman–Crippen LogP) is 5.81. The van der Waals surface area contributed by atoms with E-state index in [1.165, 1.54) is 25.0 Å². The maximum Gasteiger partial charge on any atom is 0.123 e. The van der Waals surface area contributed by atoms with Crippen molar-refractivity contribution in [1.29, 1.82) is 0 Å². The van der Waals surface area contributed by atoms with Crippen molar-refractivity contribution in [1.82, 2.24) is 0 Å². The number of ether oxygens (including phenoxy) is 1. The fourth-order valence-electron chi connectivity index (χ4n) is 1.77. The highest BCUT2D eigenvalue weighted by Crippen LogP contribution is 2.21. The Hall–Kier alpha value is -2.23. The van der Waals surface area contributed by atoms with Crippen LogP contribution in [0.4, 0.5) is 15.8 Å². The lowest BCUT2D eigenvalue weighted by Crippen LogP contribution is -1.96. The Kier molecular flexibility index (Phi) is 5.88. The molecule has 2 aromatic rings. The first-order valence-corrected chi connectivity index (χ1v) is 7.18. The van der Waals surface area contributed by atoms with E-state index in [1.54, 1.807) is 12.1 Å². The van der Waals surface area contributed by atoms with E-state index in [0.717, 1.165) is 24.5 Å². The van der Waals surface area contributed by atoms with E-state index in [-0.39, 0.29) is 5.82 Å². The number of benzene rings is 2. The first kappa shape index (κ1) is 15.2. The molecule has 0 aliphatic heterocycles. The van der Waals surface area contributed by atoms with E-state index >= 15 is 0 Å². The third-order valence-corrected chi connectivity index (χ3v) is 2.96. The van der Waals surface area contributed by atoms with Crippen molar-refractivity contribution in [3.05, 3.63) is 54.3 Å². The number of unbranched alkanes of at least 4 members (excludes halogenated alkanes) is 2. The maximum absolute atomic E-state index is 12.8. The van der Waals surface area contributed by atoms with E-state index in [1.807, 2.05) is 24.3 Å². The van der Waals surface area contributed by atoms with Crippen LogP contribution in [-0.2, 0) is 0 Å². The molecule has 2 rings (SSSR count). The van der Waals surface area contributed by atoms with Gasteiger partial charge in [0.15, 0.2) is 0 Å². The van der Waals surface area contributed by atoms with Gasteiger partial charge in [-0.1, -0.05) is 19.8 Å². The van der Waals surface area contributed by atoms with E-state index in [4.69, 9.17) is 4.74 Å². The molecule has 0 radical (unpaired) electrons. The molecule has 3 nitrogen and oxygen atoms in total. The number of hydrogen-bond acceptors (Lipinski definition) is 3. The molecule has 21 heavy (non-hydrogen) atoms. The lowest BCUT2D eigenvalue weighted by Gasteiger charge is -2.05. The predicted molar refractivity (Wildman–Crippen MR) is 82.0 cm³/mol. The number of hydrogen-bond donors (Lipinski definition) is 0. The van der Waals surface area contributed by atoms with Gasteiger partial charge in [0.05, 0.1) is 18.0 Å². The quantitative estimate of drug-likeness (QED) is 0.467. The normalized spacial score (nSPS) is 11.0. The third-order valence-electron chi connectivity index (χ3n) is 2.96. The minimum atomic E-state index is -0.279. The van der Waals surface area contributed by atoms with Crippen molar-refractivity contribution in [2.24, 2.45) is 10.2 Å². The zero-order valence-electron chi connectivity index (χ0n) is 12.1. The SMILES string of the molecule is CCCCCOc1ccc(N=Nc2ccc(F)cc2)cc1. The molecule has 0 aliphatic rings. The standard InChI is InChI=1S/C17H19FN2O/c1-2-3-4-13-21-17-11-9-16(10-12-17)20-19-15-7-5-14(18)6-8-15/h5-12H,2-4,13H2,1H3. The van der Waals surface area contributed by atoms with Crippen LogP contribution in [0.25, 0.3) is 0 Å². The molecule has 0 saturated carbocycles. The zero-order chi connectivity index (χ0) is 14.9. The van der Waals surface area contributed by atoms with Crippen molar-refractivity contribution in [2.75, 3.05) is 6.61 Å². The van der Waals surface area contributed by atoms with E-state index in [9.17, 15) is 4.39 Å². The van der Waals surface area contributed by atoms with Gasteiger partial charge in [-0.15, -0.1) is 0 Å². The summed E-state index contributed by atoms with van der Waals surface area (Å²) in [5, 5.41) is 8.16. The molecule has 0 amide bonds. The Bertz CT molecular complexity index is 564. The molecular formula is C17H19FN2O. The van der Waals surface area contributed by atoms with Crippen molar-refractivity contribution < 1.29 is 9.13 Å². The summed E-state index contributed by atoms with van der Waals surface area (Å²) in [5.41, 5.74) is 1.36. The topological polar surface area (TPSA) is 34.0 Å². The zero-order valence-corrected chi connectivity index (χ0v) is 12.1. The van der Waals surface area contributed by atoms with E-state index < -0.39 is 0 Å².